The monoisotopic (exact) mass is 429 g/mol. The Hall–Kier alpha value is -1.63. The number of nitrogens with zero attached hydrogens (tertiary/aromatic N) is 1. The van der Waals surface area contributed by atoms with E-state index in [0.717, 1.165) is 22.9 Å². The molecule has 0 saturated heterocycles. The van der Waals surface area contributed by atoms with E-state index in [9.17, 15) is 8.42 Å². The minimum Gasteiger partial charge on any atom is -0.495 e. The van der Waals surface area contributed by atoms with E-state index < -0.39 is 10.0 Å². The van der Waals surface area contributed by atoms with E-state index in [1.807, 2.05) is 0 Å². The molecule has 27 heavy (non-hydrogen) atoms. The lowest BCUT2D eigenvalue weighted by atomic mass is 10.3. The van der Waals surface area contributed by atoms with E-state index in [1.165, 1.54) is 39.1 Å². The number of rotatable bonds is 6. The third-order valence-corrected chi connectivity index (χ3v) is 7.48. The zero-order valence-corrected chi connectivity index (χ0v) is 17.4. The average molecular weight is 430 g/mol. The van der Waals surface area contributed by atoms with Crippen LogP contribution in [0.3, 0.4) is 0 Å². The van der Waals surface area contributed by atoms with E-state index in [4.69, 9.17) is 32.7 Å². The van der Waals surface area contributed by atoms with Gasteiger partial charge in [0.1, 0.15) is 21.4 Å². The van der Waals surface area contributed by atoms with E-state index in [2.05, 4.69) is 0 Å². The second-order valence-corrected chi connectivity index (χ2v) is 9.08. The predicted octanol–water partition coefficient (Wildman–Crippen LogP) is 5.15. The highest BCUT2D eigenvalue weighted by atomic mass is 35.5. The fourth-order valence-corrected chi connectivity index (χ4v) is 5.10. The molecule has 1 aliphatic carbocycles. The number of hydrogen-bond donors (Lipinski definition) is 0. The van der Waals surface area contributed by atoms with Crippen LogP contribution in [0.1, 0.15) is 25.7 Å². The third kappa shape index (κ3) is 4.13. The summed E-state index contributed by atoms with van der Waals surface area (Å²) in [7, 11) is -0.978. The molecular formula is C19H21Cl2NO4S. The molecule has 3 rings (SSSR count). The van der Waals surface area contributed by atoms with E-state index >= 15 is 0 Å². The fourth-order valence-electron chi connectivity index (χ4n) is 3.09. The lowest BCUT2D eigenvalue weighted by molar-refractivity contribution is 0.210. The van der Waals surface area contributed by atoms with Crippen LogP contribution in [0.4, 0.5) is 5.69 Å². The lowest BCUT2D eigenvalue weighted by Gasteiger charge is -2.21. The summed E-state index contributed by atoms with van der Waals surface area (Å²) in [4.78, 5) is -0.0799. The molecule has 1 saturated carbocycles. The molecule has 5 nitrogen and oxygen atoms in total. The third-order valence-electron chi connectivity index (χ3n) is 4.68. The van der Waals surface area contributed by atoms with Gasteiger partial charge in [-0.25, -0.2) is 8.42 Å². The summed E-state index contributed by atoms with van der Waals surface area (Å²) < 4.78 is 38.1. The van der Waals surface area contributed by atoms with Crippen molar-refractivity contribution in [3.8, 4) is 11.5 Å². The largest absolute Gasteiger partial charge is 0.495 e. The van der Waals surface area contributed by atoms with Gasteiger partial charge < -0.3 is 9.47 Å². The van der Waals surface area contributed by atoms with Crippen molar-refractivity contribution in [2.24, 2.45) is 0 Å². The van der Waals surface area contributed by atoms with Crippen LogP contribution in [0.2, 0.25) is 10.0 Å². The zero-order valence-electron chi connectivity index (χ0n) is 15.1. The van der Waals surface area contributed by atoms with Crippen molar-refractivity contribution in [2.75, 3.05) is 18.5 Å². The van der Waals surface area contributed by atoms with Gasteiger partial charge in [-0.05, 0) is 62.1 Å². The highest BCUT2D eigenvalue weighted by Crippen LogP contribution is 2.38. The highest BCUT2D eigenvalue weighted by Gasteiger charge is 2.27. The first-order valence-corrected chi connectivity index (χ1v) is 10.8. The Morgan fingerprint density at radius 1 is 1.00 bits per heavy atom. The van der Waals surface area contributed by atoms with Gasteiger partial charge >= 0.3 is 0 Å². The lowest BCUT2D eigenvalue weighted by Crippen LogP contribution is -2.26. The minimum atomic E-state index is -3.88. The summed E-state index contributed by atoms with van der Waals surface area (Å²) in [5.41, 5.74) is 0.497. The van der Waals surface area contributed by atoms with Crippen molar-refractivity contribution in [3.63, 3.8) is 0 Å². The Morgan fingerprint density at radius 2 is 1.63 bits per heavy atom. The van der Waals surface area contributed by atoms with Gasteiger partial charge in [0.25, 0.3) is 10.0 Å². The highest BCUT2D eigenvalue weighted by molar-refractivity contribution is 7.93. The van der Waals surface area contributed by atoms with Gasteiger partial charge in [-0.2, -0.15) is 0 Å². The second-order valence-electron chi connectivity index (χ2n) is 6.38. The molecule has 1 fully saturated rings. The van der Waals surface area contributed by atoms with Crippen LogP contribution < -0.4 is 13.8 Å². The summed E-state index contributed by atoms with van der Waals surface area (Å²) in [6.07, 6.45) is 4.75. The van der Waals surface area contributed by atoms with Crippen LogP contribution in [0.15, 0.2) is 41.3 Å². The molecule has 0 amide bonds. The van der Waals surface area contributed by atoms with E-state index in [0.29, 0.717) is 11.4 Å². The number of halogens is 2. The van der Waals surface area contributed by atoms with Crippen molar-refractivity contribution in [1.82, 2.24) is 0 Å². The first kappa shape index (κ1) is 20.1. The van der Waals surface area contributed by atoms with E-state index in [-0.39, 0.29) is 21.0 Å². The number of sulfonamides is 1. The number of anilines is 1. The van der Waals surface area contributed by atoms with Gasteiger partial charge in [0, 0.05) is 7.05 Å². The van der Waals surface area contributed by atoms with Crippen molar-refractivity contribution in [2.45, 2.75) is 36.7 Å². The molecule has 0 heterocycles. The molecule has 0 N–H and O–H groups in total. The maximum absolute atomic E-state index is 13.0. The molecular weight excluding hydrogens is 409 g/mol. The molecule has 146 valence electrons. The van der Waals surface area contributed by atoms with Gasteiger partial charge in [0.05, 0.1) is 23.9 Å². The Morgan fingerprint density at radius 3 is 2.22 bits per heavy atom. The molecule has 0 aromatic heterocycles. The molecule has 0 bridgehead atoms. The number of methoxy groups -OCH3 is 1. The Balaban J connectivity index is 1.83. The van der Waals surface area contributed by atoms with Gasteiger partial charge in [0.15, 0.2) is 0 Å². The molecule has 0 aliphatic heterocycles. The quantitative estimate of drug-likeness (QED) is 0.636. The van der Waals surface area contributed by atoms with Crippen molar-refractivity contribution < 1.29 is 17.9 Å². The van der Waals surface area contributed by atoms with Crippen molar-refractivity contribution in [1.29, 1.82) is 0 Å². The molecule has 2 aromatic carbocycles. The Kier molecular flexibility index (Phi) is 6.08. The minimum absolute atomic E-state index is 0.0638. The maximum Gasteiger partial charge on any atom is 0.265 e. The van der Waals surface area contributed by atoms with Crippen LogP contribution in [0, 0.1) is 0 Å². The van der Waals surface area contributed by atoms with Crippen LogP contribution >= 0.6 is 23.2 Å². The summed E-state index contributed by atoms with van der Waals surface area (Å²) >= 11 is 12.3. The maximum atomic E-state index is 13.0. The molecule has 0 atom stereocenters. The van der Waals surface area contributed by atoms with Crippen LogP contribution in [-0.4, -0.2) is 28.7 Å². The van der Waals surface area contributed by atoms with Gasteiger partial charge in [-0.15, -0.1) is 0 Å². The first-order valence-electron chi connectivity index (χ1n) is 8.62. The second kappa shape index (κ2) is 8.17. The molecule has 0 unspecified atom stereocenters. The molecule has 0 spiro atoms. The zero-order chi connectivity index (χ0) is 19.6. The SMILES string of the molecule is COc1ccc(S(=O)(=O)N(C)c2ccc(OC3CCCC3)cc2)c(Cl)c1Cl. The van der Waals surface area contributed by atoms with Crippen LogP contribution in [-0.2, 0) is 10.0 Å². The molecule has 8 heteroatoms. The first-order chi connectivity index (χ1) is 12.8. The topological polar surface area (TPSA) is 55.8 Å². The Bertz CT molecular complexity index is 910. The summed E-state index contributed by atoms with van der Waals surface area (Å²) in [6, 6.07) is 9.84. The van der Waals surface area contributed by atoms with Gasteiger partial charge in [-0.3, -0.25) is 4.31 Å². The molecule has 0 radical (unpaired) electrons. The summed E-state index contributed by atoms with van der Waals surface area (Å²) in [5, 5.41) is -0.00185. The van der Waals surface area contributed by atoms with Gasteiger partial charge in [-0.1, -0.05) is 23.2 Å². The van der Waals surface area contributed by atoms with Crippen LogP contribution in [0.5, 0.6) is 11.5 Å². The van der Waals surface area contributed by atoms with Crippen LogP contribution in [0.25, 0.3) is 0 Å². The molecule has 2 aromatic rings. The predicted molar refractivity (Wildman–Crippen MR) is 108 cm³/mol. The van der Waals surface area contributed by atoms with E-state index in [1.54, 1.807) is 24.3 Å². The fraction of sp³-hybridized carbons (Fsp3) is 0.368. The normalized spacial score (nSPS) is 15.0. The Labute approximate surface area is 169 Å². The smallest absolute Gasteiger partial charge is 0.265 e. The van der Waals surface area contributed by atoms with Gasteiger partial charge in [0.2, 0.25) is 0 Å². The number of hydrogen-bond acceptors (Lipinski definition) is 4. The molecule has 1 aliphatic rings. The average Bonchev–Trinajstić information content (AvgIpc) is 3.16. The summed E-state index contributed by atoms with van der Waals surface area (Å²) in [6.45, 7) is 0. The summed E-state index contributed by atoms with van der Waals surface area (Å²) in [5.74, 6) is 1.05. The van der Waals surface area contributed by atoms with Crippen molar-refractivity contribution >= 4 is 38.9 Å². The number of benzene rings is 2. The number of ether oxygens (including phenoxy) is 2. The van der Waals surface area contributed by atoms with Crippen molar-refractivity contribution in [3.05, 3.63) is 46.4 Å². The standard InChI is InChI=1S/C19H21Cl2NO4S/c1-22(13-7-9-15(10-8-13)26-14-5-3-4-6-14)27(23,24)17-12-11-16(25-2)18(20)19(17)21/h7-12,14H,3-6H2,1-2H3.